The van der Waals surface area contributed by atoms with E-state index in [1.165, 1.54) is 23.5 Å². The SMILES string of the molecule is c1ccc(CN[C@@H]2CCSC2)cc1. The fourth-order valence-electron chi connectivity index (χ4n) is 1.55. The van der Waals surface area contributed by atoms with Gasteiger partial charge in [-0.1, -0.05) is 30.3 Å². The van der Waals surface area contributed by atoms with Crippen molar-refractivity contribution in [3.8, 4) is 0 Å². The summed E-state index contributed by atoms with van der Waals surface area (Å²) in [6.45, 7) is 1.02. The molecule has 1 heterocycles. The van der Waals surface area contributed by atoms with Crippen LogP contribution < -0.4 is 5.32 Å². The minimum atomic E-state index is 0.741. The number of benzene rings is 1. The Morgan fingerprint density at radius 3 is 2.85 bits per heavy atom. The highest BCUT2D eigenvalue weighted by Crippen LogP contribution is 2.17. The van der Waals surface area contributed by atoms with Gasteiger partial charge in [-0.2, -0.15) is 11.8 Å². The van der Waals surface area contributed by atoms with E-state index in [0.29, 0.717) is 0 Å². The van der Waals surface area contributed by atoms with Crippen LogP contribution in [0.3, 0.4) is 0 Å². The molecule has 0 aromatic heterocycles. The van der Waals surface area contributed by atoms with Gasteiger partial charge in [-0.3, -0.25) is 0 Å². The molecular weight excluding hydrogens is 178 g/mol. The average Bonchev–Trinajstić information content (AvgIpc) is 2.69. The van der Waals surface area contributed by atoms with Crippen molar-refractivity contribution >= 4 is 11.8 Å². The number of rotatable bonds is 3. The van der Waals surface area contributed by atoms with E-state index in [-0.39, 0.29) is 0 Å². The van der Waals surface area contributed by atoms with Gasteiger partial charge in [-0.25, -0.2) is 0 Å². The summed E-state index contributed by atoms with van der Waals surface area (Å²) in [7, 11) is 0. The molecule has 1 nitrogen and oxygen atoms in total. The van der Waals surface area contributed by atoms with Crippen LogP contribution in [-0.2, 0) is 6.54 Å². The van der Waals surface area contributed by atoms with Crippen LogP contribution in [0.5, 0.6) is 0 Å². The Balaban J connectivity index is 1.79. The number of nitrogens with one attached hydrogen (secondary N) is 1. The lowest BCUT2D eigenvalue weighted by atomic mass is 10.2. The number of thioether (sulfide) groups is 1. The lowest BCUT2D eigenvalue weighted by Gasteiger charge is -2.10. The number of hydrogen-bond donors (Lipinski definition) is 1. The van der Waals surface area contributed by atoms with Gasteiger partial charge in [0, 0.05) is 18.3 Å². The molecule has 0 spiro atoms. The van der Waals surface area contributed by atoms with Crippen LogP contribution in [0, 0.1) is 0 Å². The van der Waals surface area contributed by atoms with Gasteiger partial charge in [0.25, 0.3) is 0 Å². The third-order valence-electron chi connectivity index (χ3n) is 2.37. The summed E-state index contributed by atoms with van der Waals surface area (Å²) in [4.78, 5) is 0. The van der Waals surface area contributed by atoms with Crippen molar-refractivity contribution in [2.24, 2.45) is 0 Å². The molecule has 0 amide bonds. The lowest BCUT2D eigenvalue weighted by Crippen LogP contribution is -2.27. The fraction of sp³-hybridized carbons (Fsp3) is 0.455. The Kier molecular flexibility index (Phi) is 3.27. The van der Waals surface area contributed by atoms with Gasteiger partial charge in [0.15, 0.2) is 0 Å². The van der Waals surface area contributed by atoms with Gasteiger partial charge in [0.05, 0.1) is 0 Å². The Bertz CT molecular complexity index is 242. The number of hydrogen-bond acceptors (Lipinski definition) is 2. The minimum absolute atomic E-state index is 0.741. The Morgan fingerprint density at radius 1 is 1.31 bits per heavy atom. The quantitative estimate of drug-likeness (QED) is 0.790. The second-order valence-corrected chi connectivity index (χ2v) is 4.58. The Morgan fingerprint density at radius 2 is 2.15 bits per heavy atom. The smallest absolute Gasteiger partial charge is 0.0208 e. The molecule has 1 aromatic rings. The molecule has 0 radical (unpaired) electrons. The van der Waals surface area contributed by atoms with Crippen LogP contribution in [-0.4, -0.2) is 17.5 Å². The van der Waals surface area contributed by atoms with Crippen LogP contribution in [0.15, 0.2) is 30.3 Å². The topological polar surface area (TPSA) is 12.0 Å². The van der Waals surface area contributed by atoms with Gasteiger partial charge in [-0.15, -0.1) is 0 Å². The zero-order chi connectivity index (χ0) is 8.93. The fourth-order valence-corrected chi connectivity index (χ4v) is 2.74. The Labute approximate surface area is 83.9 Å². The molecule has 0 aliphatic carbocycles. The van der Waals surface area contributed by atoms with E-state index in [1.807, 2.05) is 0 Å². The highest BCUT2D eigenvalue weighted by molar-refractivity contribution is 7.99. The van der Waals surface area contributed by atoms with Gasteiger partial charge in [0.2, 0.25) is 0 Å². The standard InChI is InChI=1S/C11H15NS/c1-2-4-10(5-3-1)8-12-11-6-7-13-9-11/h1-5,11-12H,6-9H2/t11-/m1/s1. The molecule has 1 aliphatic rings. The molecular formula is C11H15NS. The first-order chi connectivity index (χ1) is 6.45. The van der Waals surface area contributed by atoms with Gasteiger partial charge >= 0.3 is 0 Å². The maximum Gasteiger partial charge on any atom is 0.0208 e. The van der Waals surface area contributed by atoms with E-state index in [1.54, 1.807) is 0 Å². The first-order valence-corrected chi connectivity index (χ1v) is 5.96. The first-order valence-electron chi connectivity index (χ1n) is 4.80. The molecule has 2 rings (SSSR count). The van der Waals surface area contributed by atoms with Crippen LogP contribution in [0.1, 0.15) is 12.0 Å². The summed E-state index contributed by atoms with van der Waals surface area (Å²) in [5, 5.41) is 3.58. The lowest BCUT2D eigenvalue weighted by molar-refractivity contribution is 0.558. The predicted molar refractivity (Wildman–Crippen MR) is 59.0 cm³/mol. The predicted octanol–water partition coefficient (Wildman–Crippen LogP) is 2.28. The van der Waals surface area contributed by atoms with Crippen molar-refractivity contribution in [2.75, 3.05) is 11.5 Å². The maximum atomic E-state index is 3.58. The van der Waals surface area contributed by atoms with E-state index < -0.39 is 0 Å². The highest BCUT2D eigenvalue weighted by atomic mass is 32.2. The molecule has 0 unspecified atom stereocenters. The summed E-state index contributed by atoms with van der Waals surface area (Å²) in [5.74, 6) is 2.61. The van der Waals surface area contributed by atoms with Gasteiger partial charge in [0.1, 0.15) is 0 Å². The zero-order valence-corrected chi connectivity index (χ0v) is 8.52. The average molecular weight is 193 g/mol. The van der Waals surface area contributed by atoms with Crippen LogP contribution in [0.25, 0.3) is 0 Å². The maximum absolute atomic E-state index is 3.58. The van der Waals surface area contributed by atoms with Crippen molar-refractivity contribution in [3.05, 3.63) is 35.9 Å². The van der Waals surface area contributed by atoms with E-state index in [4.69, 9.17) is 0 Å². The van der Waals surface area contributed by atoms with E-state index >= 15 is 0 Å². The van der Waals surface area contributed by atoms with E-state index in [2.05, 4.69) is 47.4 Å². The first kappa shape index (κ1) is 9.10. The van der Waals surface area contributed by atoms with Gasteiger partial charge in [-0.05, 0) is 17.7 Å². The highest BCUT2D eigenvalue weighted by Gasteiger charge is 2.13. The van der Waals surface area contributed by atoms with Crippen LogP contribution in [0.4, 0.5) is 0 Å². The van der Waals surface area contributed by atoms with Crippen LogP contribution in [0.2, 0.25) is 0 Å². The molecule has 1 N–H and O–H groups in total. The molecule has 13 heavy (non-hydrogen) atoms. The summed E-state index contributed by atoms with van der Waals surface area (Å²) in [5.41, 5.74) is 1.39. The van der Waals surface area contributed by atoms with E-state index in [0.717, 1.165) is 12.6 Å². The normalized spacial score (nSPS) is 22.0. The van der Waals surface area contributed by atoms with Gasteiger partial charge < -0.3 is 5.32 Å². The largest absolute Gasteiger partial charge is 0.309 e. The molecule has 2 heteroatoms. The molecule has 0 bridgehead atoms. The van der Waals surface area contributed by atoms with Crippen molar-refractivity contribution in [1.82, 2.24) is 5.32 Å². The third-order valence-corrected chi connectivity index (χ3v) is 3.53. The molecule has 1 fully saturated rings. The second-order valence-electron chi connectivity index (χ2n) is 3.43. The van der Waals surface area contributed by atoms with Crippen molar-refractivity contribution in [3.63, 3.8) is 0 Å². The molecule has 1 aromatic carbocycles. The zero-order valence-electron chi connectivity index (χ0n) is 7.70. The van der Waals surface area contributed by atoms with Crippen molar-refractivity contribution in [2.45, 2.75) is 19.0 Å². The monoisotopic (exact) mass is 193 g/mol. The third kappa shape index (κ3) is 2.75. The van der Waals surface area contributed by atoms with Crippen LogP contribution >= 0.6 is 11.8 Å². The second kappa shape index (κ2) is 4.68. The van der Waals surface area contributed by atoms with E-state index in [9.17, 15) is 0 Å². The van der Waals surface area contributed by atoms with Crippen molar-refractivity contribution < 1.29 is 0 Å². The Hall–Kier alpha value is -0.470. The minimum Gasteiger partial charge on any atom is -0.309 e. The summed E-state index contributed by atoms with van der Waals surface area (Å²) >= 11 is 2.05. The molecule has 1 saturated heterocycles. The molecule has 1 aliphatic heterocycles. The molecule has 0 saturated carbocycles. The molecule has 1 atom stereocenters. The van der Waals surface area contributed by atoms with Crippen molar-refractivity contribution in [1.29, 1.82) is 0 Å². The summed E-state index contributed by atoms with van der Waals surface area (Å²) in [6, 6.07) is 11.4. The summed E-state index contributed by atoms with van der Waals surface area (Å²) in [6.07, 6.45) is 1.33. The summed E-state index contributed by atoms with van der Waals surface area (Å²) < 4.78 is 0. The molecule has 70 valence electrons.